The highest BCUT2D eigenvalue weighted by Gasteiger charge is 2.01. The molecule has 0 aliphatic rings. The molecule has 3 rings (SSSR count). The van der Waals surface area contributed by atoms with E-state index in [-0.39, 0.29) is 0 Å². The maximum atomic E-state index is 5.36. The number of methoxy groups -OCH3 is 1. The Labute approximate surface area is 119 Å². The van der Waals surface area contributed by atoms with E-state index in [0.717, 1.165) is 23.5 Å². The number of hydrogen-bond acceptors (Lipinski definition) is 2. The van der Waals surface area contributed by atoms with E-state index in [4.69, 9.17) is 4.74 Å². The molecule has 100 valence electrons. The molecule has 0 aromatic heterocycles. The molecule has 0 bridgehead atoms. The van der Waals surface area contributed by atoms with Crippen molar-refractivity contribution in [3.05, 3.63) is 72.3 Å². The molecule has 0 heterocycles. The predicted molar refractivity (Wildman–Crippen MR) is 84.3 cm³/mol. The predicted octanol–water partition coefficient (Wildman–Crippen LogP) is 4.46. The lowest BCUT2D eigenvalue weighted by atomic mass is 10.1. The van der Waals surface area contributed by atoms with E-state index >= 15 is 0 Å². The molecular formula is C18H17NO. The van der Waals surface area contributed by atoms with Gasteiger partial charge < -0.3 is 10.1 Å². The number of ether oxygens (including phenoxy) is 1. The number of nitrogens with one attached hydrogen (secondary N) is 1. The summed E-state index contributed by atoms with van der Waals surface area (Å²) in [7, 11) is 1.70. The van der Waals surface area contributed by atoms with Gasteiger partial charge in [-0.3, -0.25) is 0 Å². The standard InChI is InChI=1S/C18H17NO/c1-20-18-9-5-4-8-16(18)13-19-17-11-10-14-6-2-3-7-15(14)12-17/h2-12,19H,13H2,1H3. The molecule has 1 N–H and O–H groups in total. The average Bonchev–Trinajstić information content (AvgIpc) is 2.53. The van der Waals surface area contributed by atoms with Crippen molar-refractivity contribution in [1.82, 2.24) is 0 Å². The lowest BCUT2D eigenvalue weighted by molar-refractivity contribution is 0.410. The molecule has 0 aliphatic heterocycles. The molecule has 3 aromatic carbocycles. The van der Waals surface area contributed by atoms with Crippen LogP contribution >= 0.6 is 0 Å². The zero-order chi connectivity index (χ0) is 13.8. The topological polar surface area (TPSA) is 21.3 Å². The third-order valence-corrected chi connectivity index (χ3v) is 3.42. The van der Waals surface area contributed by atoms with Gasteiger partial charge in [-0.1, -0.05) is 48.5 Å². The van der Waals surface area contributed by atoms with Crippen molar-refractivity contribution in [2.45, 2.75) is 6.54 Å². The van der Waals surface area contributed by atoms with Crippen molar-refractivity contribution >= 4 is 16.5 Å². The summed E-state index contributed by atoms with van der Waals surface area (Å²) in [5.74, 6) is 0.917. The van der Waals surface area contributed by atoms with Gasteiger partial charge in [0.25, 0.3) is 0 Å². The Morgan fingerprint density at radius 1 is 0.850 bits per heavy atom. The number of anilines is 1. The maximum Gasteiger partial charge on any atom is 0.123 e. The van der Waals surface area contributed by atoms with Crippen molar-refractivity contribution in [1.29, 1.82) is 0 Å². The van der Waals surface area contributed by atoms with Gasteiger partial charge in [-0.15, -0.1) is 0 Å². The van der Waals surface area contributed by atoms with Gasteiger partial charge in [0.1, 0.15) is 5.75 Å². The Morgan fingerprint density at radius 2 is 1.60 bits per heavy atom. The Morgan fingerprint density at radius 3 is 2.45 bits per heavy atom. The third kappa shape index (κ3) is 2.59. The van der Waals surface area contributed by atoms with Crippen LogP contribution in [-0.4, -0.2) is 7.11 Å². The van der Waals surface area contributed by atoms with E-state index in [1.54, 1.807) is 7.11 Å². The average molecular weight is 263 g/mol. The van der Waals surface area contributed by atoms with Crippen molar-refractivity contribution in [3.63, 3.8) is 0 Å². The Bertz CT molecular complexity index is 721. The smallest absolute Gasteiger partial charge is 0.123 e. The maximum absolute atomic E-state index is 5.36. The molecule has 3 aromatic rings. The molecule has 0 amide bonds. The minimum Gasteiger partial charge on any atom is -0.496 e. The first-order valence-corrected chi connectivity index (χ1v) is 6.71. The first-order valence-electron chi connectivity index (χ1n) is 6.71. The van der Waals surface area contributed by atoms with Crippen LogP contribution in [0.4, 0.5) is 5.69 Å². The van der Waals surface area contributed by atoms with Gasteiger partial charge in [0.2, 0.25) is 0 Å². The number of fused-ring (bicyclic) bond motifs is 1. The summed E-state index contributed by atoms with van der Waals surface area (Å²) in [4.78, 5) is 0. The summed E-state index contributed by atoms with van der Waals surface area (Å²) in [6.45, 7) is 0.752. The molecule has 0 aliphatic carbocycles. The Balaban J connectivity index is 1.79. The van der Waals surface area contributed by atoms with Gasteiger partial charge in [0.15, 0.2) is 0 Å². The van der Waals surface area contributed by atoms with Crippen LogP contribution in [0.3, 0.4) is 0 Å². The van der Waals surface area contributed by atoms with Crippen LogP contribution in [-0.2, 0) is 6.54 Å². The summed E-state index contributed by atoms with van der Waals surface area (Å²) in [6.07, 6.45) is 0. The zero-order valence-electron chi connectivity index (χ0n) is 11.5. The van der Waals surface area contributed by atoms with Crippen LogP contribution < -0.4 is 10.1 Å². The quantitative estimate of drug-likeness (QED) is 0.750. The molecule has 2 nitrogen and oxygen atoms in total. The lowest BCUT2D eigenvalue weighted by Gasteiger charge is -2.11. The summed E-state index contributed by atoms with van der Waals surface area (Å²) in [5, 5.41) is 5.96. The number of hydrogen-bond donors (Lipinski definition) is 1. The van der Waals surface area contributed by atoms with Crippen LogP contribution in [0.25, 0.3) is 10.8 Å². The van der Waals surface area contributed by atoms with E-state index in [9.17, 15) is 0 Å². The first-order chi connectivity index (χ1) is 9.86. The van der Waals surface area contributed by atoms with Crippen LogP contribution in [0.1, 0.15) is 5.56 Å². The summed E-state index contributed by atoms with van der Waals surface area (Å²) in [5.41, 5.74) is 2.28. The molecule has 0 radical (unpaired) electrons. The van der Waals surface area contributed by atoms with Crippen LogP contribution in [0.2, 0.25) is 0 Å². The van der Waals surface area contributed by atoms with Crippen LogP contribution in [0.5, 0.6) is 5.75 Å². The second kappa shape index (κ2) is 5.66. The normalized spacial score (nSPS) is 10.4. The second-order valence-electron chi connectivity index (χ2n) is 4.73. The molecule has 2 heteroatoms. The minimum absolute atomic E-state index is 0.752. The van der Waals surface area contributed by atoms with Crippen molar-refractivity contribution < 1.29 is 4.74 Å². The summed E-state index contributed by atoms with van der Waals surface area (Å²) >= 11 is 0. The highest BCUT2D eigenvalue weighted by Crippen LogP contribution is 2.22. The van der Waals surface area contributed by atoms with Crippen LogP contribution in [0.15, 0.2) is 66.7 Å². The molecule has 0 saturated carbocycles. The fraction of sp³-hybridized carbons (Fsp3) is 0.111. The molecular weight excluding hydrogens is 246 g/mol. The van der Waals surface area contributed by atoms with Crippen molar-refractivity contribution in [2.75, 3.05) is 12.4 Å². The number of benzene rings is 3. The Hall–Kier alpha value is -2.48. The Kier molecular flexibility index (Phi) is 3.55. The third-order valence-electron chi connectivity index (χ3n) is 3.42. The van der Waals surface area contributed by atoms with E-state index in [0.29, 0.717) is 0 Å². The van der Waals surface area contributed by atoms with Gasteiger partial charge in [0, 0.05) is 17.8 Å². The summed E-state index contributed by atoms with van der Waals surface area (Å²) in [6, 6.07) is 22.9. The second-order valence-corrected chi connectivity index (χ2v) is 4.73. The molecule has 0 atom stereocenters. The monoisotopic (exact) mass is 263 g/mol. The van der Waals surface area contributed by atoms with Crippen molar-refractivity contribution in [2.24, 2.45) is 0 Å². The first kappa shape index (κ1) is 12.5. The highest BCUT2D eigenvalue weighted by molar-refractivity contribution is 5.85. The number of para-hydroxylation sites is 1. The van der Waals surface area contributed by atoms with Gasteiger partial charge in [-0.05, 0) is 29.0 Å². The molecule has 0 saturated heterocycles. The summed E-state index contributed by atoms with van der Waals surface area (Å²) < 4.78 is 5.36. The zero-order valence-corrected chi connectivity index (χ0v) is 11.5. The van der Waals surface area contributed by atoms with Gasteiger partial charge in [-0.2, -0.15) is 0 Å². The lowest BCUT2D eigenvalue weighted by Crippen LogP contribution is -2.01. The molecule has 0 spiro atoms. The minimum atomic E-state index is 0.752. The van der Waals surface area contributed by atoms with Crippen molar-refractivity contribution in [3.8, 4) is 5.75 Å². The fourth-order valence-corrected chi connectivity index (χ4v) is 2.35. The van der Waals surface area contributed by atoms with Gasteiger partial charge >= 0.3 is 0 Å². The van der Waals surface area contributed by atoms with Gasteiger partial charge in [0.05, 0.1) is 7.11 Å². The van der Waals surface area contributed by atoms with E-state index in [2.05, 4.69) is 53.8 Å². The SMILES string of the molecule is COc1ccccc1CNc1ccc2ccccc2c1. The molecule has 20 heavy (non-hydrogen) atoms. The number of rotatable bonds is 4. The van der Waals surface area contributed by atoms with Gasteiger partial charge in [-0.25, -0.2) is 0 Å². The molecule has 0 fully saturated rings. The fourth-order valence-electron chi connectivity index (χ4n) is 2.35. The highest BCUT2D eigenvalue weighted by atomic mass is 16.5. The van der Waals surface area contributed by atoms with E-state index in [1.807, 2.05) is 18.2 Å². The molecule has 0 unspecified atom stereocenters. The largest absolute Gasteiger partial charge is 0.496 e. The van der Waals surface area contributed by atoms with E-state index < -0.39 is 0 Å². The van der Waals surface area contributed by atoms with Crippen LogP contribution in [0, 0.1) is 0 Å². The van der Waals surface area contributed by atoms with E-state index in [1.165, 1.54) is 10.8 Å².